The first-order valence-electron chi connectivity index (χ1n) is 10.8. The van der Waals surface area contributed by atoms with Crippen molar-refractivity contribution in [2.75, 3.05) is 36.1 Å². The summed E-state index contributed by atoms with van der Waals surface area (Å²) in [5, 5.41) is 9.36. The van der Waals surface area contributed by atoms with Crippen LogP contribution in [0.2, 0.25) is 0 Å². The van der Waals surface area contributed by atoms with Crippen LogP contribution in [0.3, 0.4) is 0 Å². The highest BCUT2D eigenvalue weighted by molar-refractivity contribution is 5.88. The number of nitrogens with two attached hydrogens (primary N) is 2. The molecule has 0 spiro atoms. The summed E-state index contributed by atoms with van der Waals surface area (Å²) < 4.78 is 5.86. The molecule has 0 aliphatic rings. The lowest BCUT2D eigenvalue weighted by Gasteiger charge is -2.14. The fraction of sp³-hybridized carbons (Fsp3) is 0.304. The highest BCUT2D eigenvalue weighted by Crippen LogP contribution is 2.29. The van der Waals surface area contributed by atoms with Gasteiger partial charge in [-0.2, -0.15) is 15.0 Å². The Bertz CT molecular complexity index is 1210. The number of unbranched alkanes of at least 4 members (excludes halogenated alkanes) is 1. The third kappa shape index (κ3) is 4.78. The molecule has 0 aliphatic heterocycles. The van der Waals surface area contributed by atoms with E-state index in [2.05, 4.69) is 48.8 Å². The minimum atomic E-state index is 0.329. The van der Waals surface area contributed by atoms with Crippen LogP contribution in [0.4, 0.5) is 17.7 Å². The van der Waals surface area contributed by atoms with Gasteiger partial charge in [0.2, 0.25) is 11.9 Å². The number of benzene rings is 2. The maximum Gasteiger partial charge on any atom is 0.227 e. The average molecular weight is 433 g/mol. The fourth-order valence-electron chi connectivity index (χ4n) is 3.53. The van der Waals surface area contributed by atoms with Crippen LogP contribution in [0.5, 0.6) is 5.75 Å². The van der Waals surface area contributed by atoms with Crippen LogP contribution in [-0.4, -0.2) is 39.6 Å². The monoisotopic (exact) mass is 432 g/mol. The predicted octanol–water partition coefficient (Wildman–Crippen LogP) is 3.32. The Labute approximate surface area is 186 Å². The number of rotatable bonds is 10. The zero-order chi connectivity index (χ0) is 22.3. The lowest BCUT2D eigenvalue weighted by Crippen LogP contribution is -2.10. The minimum absolute atomic E-state index is 0.329. The van der Waals surface area contributed by atoms with Crippen molar-refractivity contribution in [3.05, 3.63) is 48.2 Å². The van der Waals surface area contributed by atoms with Gasteiger partial charge in [-0.1, -0.05) is 30.3 Å². The van der Waals surface area contributed by atoms with Crippen LogP contribution < -0.4 is 26.8 Å². The molecule has 0 amide bonds. The van der Waals surface area contributed by atoms with Crippen molar-refractivity contribution in [3.8, 4) is 5.75 Å². The van der Waals surface area contributed by atoms with Crippen molar-refractivity contribution in [3.63, 3.8) is 0 Å². The van der Waals surface area contributed by atoms with Gasteiger partial charge in [-0.05, 0) is 43.1 Å². The van der Waals surface area contributed by atoms with Crippen molar-refractivity contribution in [1.29, 1.82) is 0 Å². The van der Waals surface area contributed by atoms with Gasteiger partial charge in [0.1, 0.15) is 11.6 Å². The van der Waals surface area contributed by atoms with Crippen LogP contribution in [0.1, 0.15) is 25.3 Å². The Morgan fingerprint density at radius 2 is 1.78 bits per heavy atom. The normalized spacial score (nSPS) is 11.1. The molecule has 9 nitrogen and oxygen atoms in total. The van der Waals surface area contributed by atoms with Gasteiger partial charge in [-0.15, -0.1) is 0 Å². The van der Waals surface area contributed by atoms with Crippen molar-refractivity contribution in [2.45, 2.75) is 26.3 Å². The van der Waals surface area contributed by atoms with E-state index < -0.39 is 0 Å². The number of nitrogen functional groups attached to an aromatic ring is 1. The van der Waals surface area contributed by atoms with E-state index in [4.69, 9.17) is 16.2 Å². The van der Waals surface area contributed by atoms with Crippen LogP contribution in [0.15, 0.2) is 42.6 Å². The van der Waals surface area contributed by atoms with Gasteiger partial charge < -0.3 is 26.8 Å². The Morgan fingerprint density at radius 3 is 2.62 bits per heavy atom. The zero-order valence-electron chi connectivity index (χ0n) is 18.1. The van der Waals surface area contributed by atoms with E-state index >= 15 is 0 Å². The van der Waals surface area contributed by atoms with E-state index in [9.17, 15) is 0 Å². The first-order valence-corrected chi connectivity index (χ1v) is 10.8. The Morgan fingerprint density at radius 1 is 0.938 bits per heavy atom. The van der Waals surface area contributed by atoms with Crippen LogP contribution in [-0.2, 0) is 6.54 Å². The Kier molecular flexibility index (Phi) is 6.76. The summed E-state index contributed by atoms with van der Waals surface area (Å²) in [4.78, 5) is 17.7. The largest absolute Gasteiger partial charge is 0.494 e. The number of anilines is 3. The summed E-state index contributed by atoms with van der Waals surface area (Å²) in [6, 6.07) is 12.3. The minimum Gasteiger partial charge on any atom is -0.494 e. The Hall–Kier alpha value is -3.72. The number of nitrogens with zero attached hydrogens (tertiary/aromatic N) is 4. The average Bonchev–Trinajstić information content (AvgIpc) is 2.81. The molecule has 0 bridgehead atoms. The molecule has 0 radical (unpaired) electrons. The van der Waals surface area contributed by atoms with E-state index in [-0.39, 0.29) is 0 Å². The molecule has 6 N–H and O–H groups in total. The first-order chi connectivity index (χ1) is 15.7. The van der Waals surface area contributed by atoms with E-state index in [1.807, 2.05) is 25.1 Å². The Balaban J connectivity index is 1.58. The van der Waals surface area contributed by atoms with Crippen LogP contribution in [0.25, 0.3) is 21.8 Å². The third-order valence-corrected chi connectivity index (χ3v) is 5.12. The quantitative estimate of drug-likeness (QED) is 0.278. The molecule has 166 valence electrons. The summed E-state index contributed by atoms with van der Waals surface area (Å²) in [6.45, 7) is 4.46. The van der Waals surface area contributed by atoms with Gasteiger partial charge >= 0.3 is 0 Å². The second kappa shape index (κ2) is 10.1. The standard InChI is InChI=1S/C23H28N8O/c1-2-32-19-10-9-15-7-3-4-8-16(15)17(19)13-28-23-29-20(25)18-14-27-22(30-21(18)31-23)26-12-6-5-11-24/h3-4,7-10,14H,2,5-6,11-13,24H2,1H3,(H4,25,26,27,28,29,30,31). The summed E-state index contributed by atoms with van der Waals surface area (Å²) in [5.74, 6) is 2.07. The van der Waals surface area contributed by atoms with Crippen molar-refractivity contribution in [1.82, 2.24) is 19.9 Å². The number of aromatic nitrogens is 4. The number of hydrogen-bond donors (Lipinski definition) is 4. The third-order valence-electron chi connectivity index (χ3n) is 5.12. The molecule has 4 rings (SSSR count). The highest BCUT2D eigenvalue weighted by Gasteiger charge is 2.12. The molecule has 0 saturated heterocycles. The summed E-state index contributed by atoms with van der Waals surface area (Å²) in [7, 11) is 0. The number of hydrogen-bond acceptors (Lipinski definition) is 9. The predicted molar refractivity (Wildman–Crippen MR) is 129 cm³/mol. The SMILES string of the molecule is CCOc1ccc2ccccc2c1CNc1nc(N)c2cnc(NCCCCN)nc2n1. The molecule has 9 heteroatoms. The lowest BCUT2D eigenvalue weighted by molar-refractivity contribution is 0.337. The second-order valence-electron chi connectivity index (χ2n) is 7.34. The van der Waals surface area contributed by atoms with Gasteiger partial charge in [-0.3, -0.25) is 0 Å². The van der Waals surface area contributed by atoms with Gasteiger partial charge in [-0.25, -0.2) is 4.98 Å². The molecule has 0 atom stereocenters. The summed E-state index contributed by atoms with van der Waals surface area (Å²) >= 11 is 0. The first kappa shape index (κ1) is 21.5. The maximum absolute atomic E-state index is 6.15. The van der Waals surface area contributed by atoms with Gasteiger partial charge in [0.25, 0.3) is 0 Å². The van der Waals surface area contributed by atoms with E-state index in [0.717, 1.165) is 41.5 Å². The molecule has 2 heterocycles. The van der Waals surface area contributed by atoms with E-state index in [0.29, 0.717) is 48.4 Å². The molecule has 0 fully saturated rings. The smallest absolute Gasteiger partial charge is 0.227 e. The van der Waals surface area contributed by atoms with Gasteiger partial charge in [0.15, 0.2) is 5.65 Å². The molecule has 2 aromatic heterocycles. The molecule has 0 saturated carbocycles. The molecule has 2 aromatic carbocycles. The number of fused-ring (bicyclic) bond motifs is 2. The fourth-order valence-corrected chi connectivity index (χ4v) is 3.53. The van der Waals surface area contributed by atoms with Crippen LogP contribution in [0, 0.1) is 0 Å². The molecule has 0 aliphatic carbocycles. The molecular weight excluding hydrogens is 404 g/mol. The van der Waals surface area contributed by atoms with Gasteiger partial charge in [0, 0.05) is 24.8 Å². The molecule has 0 unspecified atom stereocenters. The van der Waals surface area contributed by atoms with Gasteiger partial charge in [0.05, 0.1) is 12.0 Å². The highest BCUT2D eigenvalue weighted by atomic mass is 16.5. The van der Waals surface area contributed by atoms with E-state index in [1.54, 1.807) is 6.20 Å². The zero-order valence-corrected chi connectivity index (χ0v) is 18.1. The van der Waals surface area contributed by atoms with E-state index in [1.165, 1.54) is 0 Å². The van der Waals surface area contributed by atoms with Crippen molar-refractivity contribution >= 4 is 39.5 Å². The van der Waals surface area contributed by atoms with Crippen molar-refractivity contribution < 1.29 is 4.74 Å². The maximum atomic E-state index is 6.15. The topological polar surface area (TPSA) is 137 Å². The second-order valence-corrected chi connectivity index (χ2v) is 7.34. The molecule has 32 heavy (non-hydrogen) atoms. The molecule has 4 aromatic rings. The number of nitrogens with one attached hydrogen (secondary N) is 2. The summed E-state index contributed by atoms with van der Waals surface area (Å²) in [6.07, 6.45) is 3.54. The van der Waals surface area contributed by atoms with Crippen LogP contribution >= 0.6 is 0 Å². The molecular formula is C23H28N8O. The summed E-state index contributed by atoms with van der Waals surface area (Å²) in [5.41, 5.74) is 13.2. The van der Waals surface area contributed by atoms with Crippen molar-refractivity contribution in [2.24, 2.45) is 5.73 Å². The number of ether oxygens (including phenoxy) is 1. The lowest BCUT2D eigenvalue weighted by atomic mass is 10.0.